The van der Waals surface area contributed by atoms with Gasteiger partial charge in [0, 0.05) is 18.7 Å². The van der Waals surface area contributed by atoms with Crippen molar-refractivity contribution in [1.82, 2.24) is 9.88 Å². The number of ether oxygens (including phenoxy) is 2. The van der Waals surface area contributed by atoms with Crippen LogP contribution in [0.1, 0.15) is 19.8 Å². The summed E-state index contributed by atoms with van der Waals surface area (Å²) >= 11 is 0. The van der Waals surface area contributed by atoms with E-state index in [4.69, 9.17) is 4.74 Å². The summed E-state index contributed by atoms with van der Waals surface area (Å²) in [5.74, 6) is -1.50. The number of nitrogens with zero attached hydrogens (tertiary/aromatic N) is 2. The molecule has 1 amide bonds. The number of carbonyl (C=O) groups is 2. The molecule has 32 heavy (non-hydrogen) atoms. The third kappa shape index (κ3) is 5.42. The number of esters is 1. The van der Waals surface area contributed by atoms with Crippen molar-refractivity contribution >= 4 is 21.7 Å². The number of methoxy groups -OCH3 is 1. The lowest BCUT2D eigenvalue weighted by Crippen LogP contribution is -2.43. The molecule has 0 atom stereocenters. The molecule has 0 saturated carbocycles. The summed E-state index contributed by atoms with van der Waals surface area (Å²) in [7, 11) is -2.30. The number of benzene rings is 1. The second-order valence-electron chi connectivity index (χ2n) is 7.46. The Morgan fingerprint density at radius 3 is 2.47 bits per heavy atom. The summed E-state index contributed by atoms with van der Waals surface area (Å²) in [4.78, 5) is 28.8. The first-order valence-electron chi connectivity index (χ1n) is 10.2. The van der Waals surface area contributed by atoms with Crippen LogP contribution in [0.2, 0.25) is 0 Å². The highest BCUT2D eigenvalue weighted by Gasteiger charge is 2.27. The number of carbonyl (C=O) groups excluding carboxylic acids is 2. The van der Waals surface area contributed by atoms with Crippen LogP contribution in [0.4, 0.5) is 4.39 Å². The van der Waals surface area contributed by atoms with Gasteiger partial charge in [0.2, 0.25) is 0 Å². The van der Waals surface area contributed by atoms with E-state index in [1.165, 1.54) is 37.3 Å². The molecule has 1 saturated heterocycles. The molecule has 0 aliphatic carbocycles. The first-order chi connectivity index (χ1) is 15.2. The normalized spacial score (nSPS) is 14.8. The van der Waals surface area contributed by atoms with Crippen molar-refractivity contribution in [2.45, 2.75) is 24.7 Å². The maximum absolute atomic E-state index is 14.5. The van der Waals surface area contributed by atoms with Crippen LogP contribution in [0, 0.1) is 11.7 Å². The van der Waals surface area contributed by atoms with E-state index in [0.717, 1.165) is 6.07 Å². The Labute approximate surface area is 186 Å². The van der Waals surface area contributed by atoms with Crippen LogP contribution < -0.4 is 4.74 Å². The number of hydrogen-bond donors (Lipinski definition) is 0. The Hall–Kier alpha value is -3.01. The predicted octanol–water partition coefficient (Wildman–Crippen LogP) is 2.47. The minimum Gasteiger partial charge on any atom is -0.492 e. The molecule has 0 bridgehead atoms. The number of pyridine rings is 1. The molecule has 1 aromatic heterocycles. The van der Waals surface area contributed by atoms with Gasteiger partial charge in [0.1, 0.15) is 11.6 Å². The lowest BCUT2D eigenvalue weighted by Gasteiger charge is -2.31. The van der Waals surface area contributed by atoms with Gasteiger partial charge in [-0.05, 0) is 49.1 Å². The average molecular weight is 465 g/mol. The summed E-state index contributed by atoms with van der Waals surface area (Å²) in [6.07, 6.45) is 2.89. The van der Waals surface area contributed by atoms with Crippen molar-refractivity contribution in [1.29, 1.82) is 0 Å². The number of aromatic nitrogens is 1. The highest BCUT2D eigenvalue weighted by Crippen LogP contribution is 2.26. The van der Waals surface area contributed by atoms with E-state index >= 15 is 0 Å². The van der Waals surface area contributed by atoms with Crippen molar-refractivity contribution in [2.75, 3.05) is 32.6 Å². The molecule has 0 unspecified atom stereocenters. The molecule has 1 aliphatic rings. The van der Waals surface area contributed by atoms with E-state index in [0.29, 0.717) is 44.0 Å². The molecule has 0 spiro atoms. The van der Waals surface area contributed by atoms with Gasteiger partial charge in [-0.2, -0.15) is 0 Å². The monoisotopic (exact) mass is 464 g/mol. The number of sulfone groups is 1. The molecule has 0 N–H and O–H groups in total. The Morgan fingerprint density at radius 2 is 1.91 bits per heavy atom. The maximum Gasteiger partial charge on any atom is 0.396 e. The molecule has 2 heterocycles. The first kappa shape index (κ1) is 23.6. The second-order valence-corrected chi connectivity index (χ2v) is 9.74. The number of rotatable bonds is 6. The Bertz CT molecular complexity index is 1080. The largest absolute Gasteiger partial charge is 0.492 e. The number of piperidine rings is 1. The van der Waals surface area contributed by atoms with Gasteiger partial charge >= 0.3 is 11.9 Å². The Balaban J connectivity index is 1.56. The fraction of sp³-hybridized carbons (Fsp3) is 0.409. The van der Waals surface area contributed by atoms with E-state index < -0.39 is 27.5 Å². The highest BCUT2D eigenvalue weighted by atomic mass is 32.2. The Kier molecular flexibility index (Phi) is 7.44. The molecular formula is C22H25FN2O6S. The molecule has 0 radical (unpaired) electrons. The highest BCUT2D eigenvalue weighted by molar-refractivity contribution is 7.91. The van der Waals surface area contributed by atoms with Crippen LogP contribution in [0.15, 0.2) is 41.4 Å². The van der Waals surface area contributed by atoms with Crippen LogP contribution in [-0.2, 0) is 24.2 Å². The van der Waals surface area contributed by atoms with Crippen molar-refractivity contribution in [2.24, 2.45) is 5.92 Å². The van der Waals surface area contributed by atoms with E-state index in [1.54, 1.807) is 12.1 Å². The van der Waals surface area contributed by atoms with Gasteiger partial charge in [-0.3, -0.25) is 9.78 Å². The number of likely N-dealkylation sites (tertiary alicyclic amines) is 1. The lowest BCUT2D eigenvalue weighted by atomic mass is 9.98. The summed E-state index contributed by atoms with van der Waals surface area (Å²) < 4.78 is 48.5. The predicted molar refractivity (Wildman–Crippen MR) is 114 cm³/mol. The number of amides is 1. The van der Waals surface area contributed by atoms with Gasteiger partial charge < -0.3 is 14.4 Å². The maximum atomic E-state index is 14.5. The number of halogens is 1. The molecule has 1 fully saturated rings. The summed E-state index contributed by atoms with van der Waals surface area (Å²) in [5.41, 5.74) is 0.569. The molecular weight excluding hydrogens is 439 g/mol. The smallest absolute Gasteiger partial charge is 0.396 e. The molecule has 1 aliphatic heterocycles. The minimum absolute atomic E-state index is 0.0551. The Morgan fingerprint density at radius 1 is 1.19 bits per heavy atom. The summed E-state index contributed by atoms with van der Waals surface area (Å²) in [5, 5.41) is 0. The fourth-order valence-electron chi connectivity index (χ4n) is 3.42. The zero-order valence-corrected chi connectivity index (χ0v) is 18.7. The van der Waals surface area contributed by atoms with E-state index in [9.17, 15) is 22.4 Å². The molecule has 3 rings (SSSR count). The second kappa shape index (κ2) is 10.1. The van der Waals surface area contributed by atoms with Crippen molar-refractivity contribution in [3.05, 3.63) is 42.3 Å². The van der Waals surface area contributed by atoms with Crippen molar-refractivity contribution < 1.29 is 31.9 Å². The van der Waals surface area contributed by atoms with E-state index in [1.807, 2.05) is 0 Å². The topological polar surface area (TPSA) is 103 Å². The van der Waals surface area contributed by atoms with Crippen LogP contribution in [0.5, 0.6) is 5.75 Å². The molecule has 8 nitrogen and oxygen atoms in total. The van der Waals surface area contributed by atoms with Gasteiger partial charge in [0.05, 0.1) is 36.3 Å². The molecule has 172 valence electrons. The van der Waals surface area contributed by atoms with Crippen molar-refractivity contribution in [3.63, 3.8) is 0 Å². The van der Waals surface area contributed by atoms with Crippen LogP contribution in [0.3, 0.4) is 0 Å². The van der Waals surface area contributed by atoms with Crippen LogP contribution >= 0.6 is 0 Å². The van der Waals surface area contributed by atoms with Gasteiger partial charge in [-0.1, -0.05) is 6.92 Å². The van der Waals surface area contributed by atoms with Crippen LogP contribution in [-0.4, -0.2) is 62.7 Å². The third-order valence-corrected chi connectivity index (χ3v) is 7.17. The number of hydrogen-bond acceptors (Lipinski definition) is 7. The average Bonchev–Trinajstić information content (AvgIpc) is 2.82. The third-order valence-electron chi connectivity index (χ3n) is 5.44. The standard InChI is InChI=1S/C22H25FN2O6S/c1-3-32(28,29)17-5-6-18(19(23)12-17)20-7-4-16(13-24-20)31-14-15-8-10-25(11-9-15)21(26)22(27)30-2/h4-7,12-13,15H,3,8-11,14H2,1-2H3. The van der Waals surface area contributed by atoms with Gasteiger partial charge in [0.15, 0.2) is 9.84 Å². The lowest BCUT2D eigenvalue weighted by molar-refractivity contribution is -0.158. The zero-order valence-electron chi connectivity index (χ0n) is 17.9. The zero-order chi connectivity index (χ0) is 23.3. The molecule has 10 heteroatoms. The minimum atomic E-state index is -3.48. The van der Waals surface area contributed by atoms with Gasteiger partial charge in [0.25, 0.3) is 0 Å². The fourth-order valence-corrected chi connectivity index (χ4v) is 4.31. The van der Waals surface area contributed by atoms with Crippen molar-refractivity contribution in [3.8, 4) is 17.0 Å². The summed E-state index contributed by atoms with van der Waals surface area (Å²) in [6.45, 7) is 2.86. The van der Waals surface area contributed by atoms with Crippen LogP contribution in [0.25, 0.3) is 11.3 Å². The quantitative estimate of drug-likeness (QED) is 0.478. The molecule has 1 aromatic carbocycles. The SMILES string of the molecule is CCS(=O)(=O)c1ccc(-c2ccc(OCC3CCN(C(=O)C(=O)OC)CC3)cn2)c(F)c1. The van der Waals surface area contributed by atoms with Gasteiger partial charge in [-0.15, -0.1) is 0 Å². The van der Waals surface area contributed by atoms with Gasteiger partial charge in [-0.25, -0.2) is 17.6 Å². The first-order valence-corrected chi connectivity index (χ1v) is 11.9. The van der Waals surface area contributed by atoms with E-state index in [2.05, 4.69) is 9.72 Å². The van der Waals surface area contributed by atoms with E-state index in [-0.39, 0.29) is 22.1 Å². The molecule has 2 aromatic rings. The summed E-state index contributed by atoms with van der Waals surface area (Å²) in [6, 6.07) is 7.08.